The molecule has 2 aromatic rings. The molecule has 0 saturated carbocycles. The molecule has 0 bridgehead atoms. The summed E-state index contributed by atoms with van der Waals surface area (Å²) in [5.41, 5.74) is 2.03. The molecular formula is C18H22FNO3. The minimum atomic E-state index is -0.341. The predicted molar refractivity (Wildman–Crippen MR) is 87.9 cm³/mol. The van der Waals surface area contributed by atoms with Gasteiger partial charge in [-0.2, -0.15) is 0 Å². The van der Waals surface area contributed by atoms with Crippen LogP contribution in [0, 0.1) is 5.82 Å². The van der Waals surface area contributed by atoms with Gasteiger partial charge in [0.1, 0.15) is 0 Å². The lowest BCUT2D eigenvalue weighted by Gasteiger charge is -2.10. The Morgan fingerprint density at radius 3 is 2.13 bits per heavy atom. The van der Waals surface area contributed by atoms with Gasteiger partial charge in [0.25, 0.3) is 0 Å². The van der Waals surface area contributed by atoms with Crippen LogP contribution in [0.4, 0.5) is 4.39 Å². The number of rotatable bonds is 8. The summed E-state index contributed by atoms with van der Waals surface area (Å²) in [5.74, 6) is 1.37. The van der Waals surface area contributed by atoms with Gasteiger partial charge in [0.05, 0.1) is 21.3 Å². The van der Waals surface area contributed by atoms with Crippen LogP contribution in [-0.2, 0) is 13.0 Å². The Balaban J connectivity index is 1.84. The van der Waals surface area contributed by atoms with Gasteiger partial charge in [-0.3, -0.25) is 0 Å². The average molecular weight is 319 g/mol. The lowest BCUT2D eigenvalue weighted by atomic mass is 10.1. The Hall–Kier alpha value is -2.27. The Morgan fingerprint density at radius 2 is 1.48 bits per heavy atom. The standard InChI is InChI=1S/C18H22FNO3/c1-21-16-6-5-14(10-15(16)19)12-20-9-8-13-4-7-17(22-2)18(11-13)23-3/h4-7,10-11,20H,8-9,12H2,1-3H3. The predicted octanol–water partition coefficient (Wildman–Crippen LogP) is 3.18. The van der Waals surface area contributed by atoms with Crippen molar-refractivity contribution in [1.29, 1.82) is 0 Å². The number of hydrogen-bond donors (Lipinski definition) is 1. The number of hydrogen-bond acceptors (Lipinski definition) is 4. The quantitative estimate of drug-likeness (QED) is 0.759. The molecule has 0 atom stereocenters. The van der Waals surface area contributed by atoms with Crippen molar-refractivity contribution in [3.8, 4) is 17.2 Å². The van der Waals surface area contributed by atoms with E-state index < -0.39 is 0 Å². The molecule has 0 spiro atoms. The molecule has 124 valence electrons. The Labute approximate surface area is 136 Å². The van der Waals surface area contributed by atoms with Gasteiger partial charge in [-0.15, -0.1) is 0 Å². The maximum Gasteiger partial charge on any atom is 0.165 e. The number of nitrogens with one attached hydrogen (secondary N) is 1. The summed E-state index contributed by atoms with van der Waals surface area (Å²) in [7, 11) is 4.70. The minimum absolute atomic E-state index is 0.263. The van der Waals surface area contributed by atoms with E-state index in [1.807, 2.05) is 24.3 Å². The summed E-state index contributed by atoms with van der Waals surface area (Å²) in [6.45, 7) is 1.39. The molecule has 0 saturated heterocycles. The van der Waals surface area contributed by atoms with E-state index in [1.54, 1.807) is 20.3 Å². The van der Waals surface area contributed by atoms with E-state index in [0.717, 1.165) is 35.6 Å². The highest BCUT2D eigenvalue weighted by atomic mass is 19.1. The van der Waals surface area contributed by atoms with Crippen LogP contribution in [0.15, 0.2) is 36.4 Å². The first kappa shape index (κ1) is 17.1. The molecule has 0 unspecified atom stereocenters. The zero-order valence-corrected chi connectivity index (χ0v) is 13.7. The molecule has 0 aliphatic rings. The first-order valence-corrected chi connectivity index (χ1v) is 7.42. The number of methoxy groups -OCH3 is 3. The molecule has 4 nitrogen and oxygen atoms in total. The maximum atomic E-state index is 13.6. The van der Waals surface area contributed by atoms with Crippen molar-refractivity contribution in [2.45, 2.75) is 13.0 Å². The fourth-order valence-electron chi connectivity index (χ4n) is 2.32. The van der Waals surface area contributed by atoms with Crippen molar-refractivity contribution in [2.75, 3.05) is 27.9 Å². The van der Waals surface area contributed by atoms with Crippen LogP contribution in [0.3, 0.4) is 0 Å². The van der Waals surface area contributed by atoms with Crippen molar-refractivity contribution in [3.05, 3.63) is 53.3 Å². The van der Waals surface area contributed by atoms with E-state index >= 15 is 0 Å². The lowest BCUT2D eigenvalue weighted by Crippen LogP contribution is -2.16. The molecule has 0 amide bonds. The summed E-state index contributed by atoms with van der Waals surface area (Å²) in [6, 6.07) is 10.9. The molecule has 2 rings (SSSR count). The van der Waals surface area contributed by atoms with Crippen molar-refractivity contribution in [1.82, 2.24) is 5.32 Å². The summed E-state index contributed by atoms with van der Waals surface area (Å²) in [5, 5.41) is 3.30. The van der Waals surface area contributed by atoms with Crippen LogP contribution < -0.4 is 19.5 Å². The van der Waals surface area contributed by atoms with Gasteiger partial charge in [-0.1, -0.05) is 12.1 Å². The minimum Gasteiger partial charge on any atom is -0.494 e. The molecule has 0 heterocycles. The highest BCUT2D eigenvalue weighted by molar-refractivity contribution is 5.43. The van der Waals surface area contributed by atoms with E-state index in [0.29, 0.717) is 6.54 Å². The first-order valence-electron chi connectivity index (χ1n) is 7.42. The maximum absolute atomic E-state index is 13.6. The normalized spacial score (nSPS) is 10.4. The number of halogens is 1. The van der Waals surface area contributed by atoms with Crippen molar-refractivity contribution < 1.29 is 18.6 Å². The third-order valence-electron chi connectivity index (χ3n) is 3.58. The Bertz CT molecular complexity index is 646. The summed E-state index contributed by atoms with van der Waals surface area (Å²) in [6.07, 6.45) is 0.846. The molecule has 0 aliphatic heterocycles. The van der Waals surface area contributed by atoms with E-state index in [2.05, 4.69) is 5.32 Å². The van der Waals surface area contributed by atoms with E-state index in [-0.39, 0.29) is 11.6 Å². The largest absolute Gasteiger partial charge is 0.494 e. The fraction of sp³-hybridized carbons (Fsp3) is 0.333. The Kier molecular flexibility index (Phi) is 6.23. The smallest absolute Gasteiger partial charge is 0.165 e. The summed E-state index contributed by atoms with van der Waals surface area (Å²) < 4.78 is 29.0. The Morgan fingerprint density at radius 1 is 0.826 bits per heavy atom. The molecule has 0 aromatic heterocycles. The average Bonchev–Trinajstić information content (AvgIpc) is 2.58. The molecule has 5 heteroatoms. The van der Waals surface area contributed by atoms with Gasteiger partial charge in [-0.25, -0.2) is 4.39 Å². The molecular weight excluding hydrogens is 297 g/mol. The molecule has 23 heavy (non-hydrogen) atoms. The van der Waals surface area contributed by atoms with Gasteiger partial charge in [0.15, 0.2) is 23.1 Å². The van der Waals surface area contributed by atoms with Crippen LogP contribution >= 0.6 is 0 Å². The van der Waals surface area contributed by atoms with Crippen LogP contribution in [-0.4, -0.2) is 27.9 Å². The second-order valence-electron chi connectivity index (χ2n) is 5.09. The zero-order valence-electron chi connectivity index (χ0n) is 13.7. The van der Waals surface area contributed by atoms with Gasteiger partial charge in [-0.05, 0) is 48.4 Å². The van der Waals surface area contributed by atoms with Crippen molar-refractivity contribution in [3.63, 3.8) is 0 Å². The third kappa shape index (κ3) is 4.60. The lowest BCUT2D eigenvalue weighted by molar-refractivity contribution is 0.354. The van der Waals surface area contributed by atoms with Crippen LogP contribution in [0.25, 0.3) is 0 Å². The van der Waals surface area contributed by atoms with E-state index in [4.69, 9.17) is 14.2 Å². The number of benzene rings is 2. The monoisotopic (exact) mass is 319 g/mol. The fourth-order valence-corrected chi connectivity index (χ4v) is 2.32. The summed E-state index contributed by atoms with van der Waals surface area (Å²) >= 11 is 0. The SMILES string of the molecule is COc1ccc(CNCCc2ccc(OC)c(OC)c2)cc1F. The van der Waals surface area contributed by atoms with E-state index in [9.17, 15) is 4.39 Å². The zero-order chi connectivity index (χ0) is 16.7. The van der Waals surface area contributed by atoms with Crippen LogP contribution in [0.2, 0.25) is 0 Å². The van der Waals surface area contributed by atoms with Crippen LogP contribution in [0.5, 0.6) is 17.2 Å². The van der Waals surface area contributed by atoms with Gasteiger partial charge >= 0.3 is 0 Å². The van der Waals surface area contributed by atoms with Gasteiger partial charge < -0.3 is 19.5 Å². The number of ether oxygens (including phenoxy) is 3. The van der Waals surface area contributed by atoms with Gasteiger partial charge in [0, 0.05) is 6.54 Å². The highest BCUT2D eigenvalue weighted by Crippen LogP contribution is 2.27. The van der Waals surface area contributed by atoms with Gasteiger partial charge in [0.2, 0.25) is 0 Å². The molecule has 2 aromatic carbocycles. The van der Waals surface area contributed by atoms with Crippen LogP contribution in [0.1, 0.15) is 11.1 Å². The van der Waals surface area contributed by atoms with Crippen molar-refractivity contribution >= 4 is 0 Å². The summed E-state index contributed by atoms with van der Waals surface area (Å²) in [4.78, 5) is 0. The second-order valence-corrected chi connectivity index (χ2v) is 5.09. The topological polar surface area (TPSA) is 39.7 Å². The second kappa shape index (κ2) is 8.39. The molecule has 0 aliphatic carbocycles. The molecule has 0 radical (unpaired) electrons. The third-order valence-corrected chi connectivity index (χ3v) is 3.58. The van der Waals surface area contributed by atoms with E-state index in [1.165, 1.54) is 13.2 Å². The molecule has 0 fully saturated rings. The highest BCUT2D eigenvalue weighted by Gasteiger charge is 2.05. The van der Waals surface area contributed by atoms with Crippen molar-refractivity contribution in [2.24, 2.45) is 0 Å². The molecule has 1 N–H and O–H groups in total. The first-order chi connectivity index (χ1) is 11.2.